The molecule has 0 heterocycles. The average molecular weight is 428 g/mol. The highest BCUT2D eigenvalue weighted by atomic mass is 35.5. The predicted molar refractivity (Wildman–Crippen MR) is 116 cm³/mol. The molecule has 0 aliphatic heterocycles. The second-order valence-corrected chi connectivity index (χ2v) is 6.61. The Morgan fingerprint density at radius 3 is 2.45 bits per heavy atom. The molecule has 0 radical (unpaired) electrons. The van der Waals surface area contributed by atoms with Gasteiger partial charge in [0.15, 0.2) is 5.11 Å². The molecule has 8 heteroatoms. The van der Waals surface area contributed by atoms with Gasteiger partial charge in [0.25, 0.3) is 0 Å². The number of hydrogen-bond acceptors (Lipinski definition) is 4. The van der Waals surface area contributed by atoms with E-state index in [1.807, 2.05) is 0 Å². The van der Waals surface area contributed by atoms with E-state index in [9.17, 15) is 9.18 Å². The number of rotatable bonds is 5. The lowest BCUT2D eigenvalue weighted by Gasteiger charge is -2.08. The van der Waals surface area contributed by atoms with E-state index in [4.69, 9.17) is 28.6 Å². The van der Waals surface area contributed by atoms with Crippen molar-refractivity contribution in [3.05, 3.63) is 94.8 Å². The van der Waals surface area contributed by atoms with Crippen molar-refractivity contribution in [2.24, 2.45) is 5.10 Å². The monoisotopic (exact) mass is 427 g/mol. The number of nitrogens with one attached hydrogen (secondary N) is 2. The summed E-state index contributed by atoms with van der Waals surface area (Å²) in [6.07, 6.45) is 1.48. The van der Waals surface area contributed by atoms with E-state index in [-0.39, 0.29) is 10.9 Å². The number of esters is 1. The number of hydrogen-bond donors (Lipinski definition) is 2. The number of thiocarbonyl (C=S) groups is 1. The Balaban J connectivity index is 1.62. The number of ether oxygens (including phenoxy) is 1. The molecule has 0 unspecified atom stereocenters. The molecule has 0 aliphatic carbocycles. The Kier molecular flexibility index (Phi) is 6.89. The first-order valence-corrected chi connectivity index (χ1v) is 9.22. The van der Waals surface area contributed by atoms with Crippen molar-refractivity contribution in [3.8, 4) is 5.75 Å². The topological polar surface area (TPSA) is 62.7 Å². The summed E-state index contributed by atoms with van der Waals surface area (Å²) in [4.78, 5) is 12.3. The summed E-state index contributed by atoms with van der Waals surface area (Å²) in [5.74, 6) is -0.503. The molecule has 3 aromatic rings. The predicted octanol–water partition coefficient (Wildman–Crippen LogP) is 5.02. The van der Waals surface area contributed by atoms with Gasteiger partial charge in [-0.1, -0.05) is 23.7 Å². The van der Waals surface area contributed by atoms with Crippen molar-refractivity contribution < 1.29 is 13.9 Å². The van der Waals surface area contributed by atoms with E-state index in [0.717, 1.165) is 0 Å². The fraction of sp³-hybridized carbons (Fsp3) is 0. The van der Waals surface area contributed by atoms with Crippen molar-refractivity contribution in [1.29, 1.82) is 0 Å². The molecule has 0 fully saturated rings. The molecule has 0 aromatic heterocycles. The van der Waals surface area contributed by atoms with Crippen LogP contribution in [-0.4, -0.2) is 17.3 Å². The number of carbonyl (C=O) groups excluding carboxylic acids is 1. The third kappa shape index (κ3) is 6.10. The van der Waals surface area contributed by atoms with Gasteiger partial charge in [-0.15, -0.1) is 0 Å². The van der Waals surface area contributed by atoms with E-state index >= 15 is 0 Å². The largest absolute Gasteiger partial charge is 0.422 e. The van der Waals surface area contributed by atoms with Crippen LogP contribution in [0, 0.1) is 5.82 Å². The lowest BCUT2D eigenvalue weighted by molar-refractivity contribution is 0.0734. The van der Waals surface area contributed by atoms with Gasteiger partial charge in [0.2, 0.25) is 0 Å². The Morgan fingerprint density at radius 1 is 1.03 bits per heavy atom. The standard InChI is InChI=1S/C21H15ClFN3O2S/c22-16-7-5-14(6-8-16)20(27)28-19-4-2-1-3-15(19)13-24-26-21(29)25-18-11-9-17(23)10-12-18/h1-13H,(H2,25,26,29)/b24-13-. The Hall–Kier alpha value is -3.29. The summed E-state index contributed by atoms with van der Waals surface area (Å²) in [6.45, 7) is 0. The normalized spacial score (nSPS) is 10.6. The van der Waals surface area contributed by atoms with Crippen molar-refractivity contribution >= 4 is 46.8 Å². The van der Waals surface area contributed by atoms with Gasteiger partial charge in [-0.05, 0) is 72.9 Å². The third-order valence-corrected chi connectivity index (χ3v) is 4.12. The zero-order chi connectivity index (χ0) is 20.6. The zero-order valence-corrected chi connectivity index (χ0v) is 16.5. The number of benzene rings is 3. The van der Waals surface area contributed by atoms with Crippen LogP contribution in [0.5, 0.6) is 5.75 Å². The van der Waals surface area contributed by atoms with Gasteiger partial charge in [0.05, 0.1) is 11.8 Å². The third-order valence-electron chi connectivity index (χ3n) is 3.67. The average Bonchev–Trinajstić information content (AvgIpc) is 2.71. The summed E-state index contributed by atoms with van der Waals surface area (Å²) >= 11 is 11.0. The Labute approximate surface area is 177 Å². The van der Waals surface area contributed by atoms with Crippen molar-refractivity contribution in [3.63, 3.8) is 0 Å². The lowest BCUT2D eigenvalue weighted by atomic mass is 10.2. The number of carbonyl (C=O) groups is 1. The van der Waals surface area contributed by atoms with Crippen LogP contribution in [0.15, 0.2) is 77.9 Å². The van der Waals surface area contributed by atoms with Crippen molar-refractivity contribution in [2.45, 2.75) is 0 Å². The van der Waals surface area contributed by atoms with Gasteiger partial charge >= 0.3 is 5.97 Å². The van der Waals surface area contributed by atoms with Gasteiger partial charge in [-0.3, -0.25) is 5.43 Å². The van der Waals surface area contributed by atoms with Gasteiger partial charge < -0.3 is 10.1 Å². The van der Waals surface area contributed by atoms with E-state index in [1.54, 1.807) is 60.7 Å². The molecule has 2 N–H and O–H groups in total. The molecule has 146 valence electrons. The first-order chi connectivity index (χ1) is 14.0. The lowest BCUT2D eigenvalue weighted by Crippen LogP contribution is -2.23. The summed E-state index contributed by atoms with van der Waals surface area (Å²) in [6, 6.07) is 19.1. The van der Waals surface area contributed by atoms with Crippen molar-refractivity contribution in [1.82, 2.24) is 5.43 Å². The van der Waals surface area contributed by atoms with Gasteiger partial charge in [-0.25, -0.2) is 9.18 Å². The second-order valence-electron chi connectivity index (χ2n) is 5.77. The Morgan fingerprint density at radius 2 is 1.72 bits per heavy atom. The van der Waals surface area contributed by atoms with Crippen LogP contribution < -0.4 is 15.5 Å². The molecular weight excluding hydrogens is 413 g/mol. The van der Waals surface area contributed by atoms with Crippen LogP contribution in [-0.2, 0) is 0 Å². The van der Waals surface area contributed by atoms with Crippen LogP contribution in [0.4, 0.5) is 10.1 Å². The molecular formula is C21H15ClFN3O2S. The number of halogens is 2. The van der Waals surface area contributed by atoms with Gasteiger partial charge in [0.1, 0.15) is 11.6 Å². The molecule has 0 atom stereocenters. The maximum atomic E-state index is 12.9. The maximum absolute atomic E-state index is 12.9. The Bertz CT molecular complexity index is 1040. The van der Waals surface area contributed by atoms with Crippen molar-refractivity contribution in [2.75, 3.05) is 5.32 Å². The minimum absolute atomic E-state index is 0.225. The van der Waals surface area contributed by atoms with E-state index < -0.39 is 5.97 Å². The minimum Gasteiger partial charge on any atom is -0.422 e. The van der Waals surface area contributed by atoms with Crippen LogP contribution in [0.3, 0.4) is 0 Å². The highest BCUT2D eigenvalue weighted by Crippen LogP contribution is 2.18. The van der Waals surface area contributed by atoms with Crippen LogP contribution in [0.1, 0.15) is 15.9 Å². The maximum Gasteiger partial charge on any atom is 0.343 e. The van der Waals surface area contributed by atoms with E-state index in [0.29, 0.717) is 27.6 Å². The highest BCUT2D eigenvalue weighted by molar-refractivity contribution is 7.80. The quantitative estimate of drug-likeness (QED) is 0.197. The molecule has 0 aliphatic rings. The first-order valence-electron chi connectivity index (χ1n) is 8.44. The second kappa shape index (κ2) is 9.77. The number of anilines is 1. The molecule has 29 heavy (non-hydrogen) atoms. The van der Waals surface area contributed by atoms with Gasteiger partial charge in [-0.2, -0.15) is 5.10 Å². The SMILES string of the molecule is O=C(Oc1ccccc1/C=N\NC(=S)Nc1ccc(F)cc1)c1ccc(Cl)cc1. The fourth-order valence-electron chi connectivity index (χ4n) is 2.28. The smallest absolute Gasteiger partial charge is 0.343 e. The molecule has 0 bridgehead atoms. The van der Waals surface area contributed by atoms with E-state index in [1.165, 1.54) is 18.3 Å². The van der Waals surface area contributed by atoms with Crippen LogP contribution in [0.25, 0.3) is 0 Å². The summed E-state index contributed by atoms with van der Waals surface area (Å²) in [7, 11) is 0. The summed E-state index contributed by atoms with van der Waals surface area (Å²) in [5.41, 5.74) is 4.23. The number of hydrazone groups is 1. The molecule has 0 spiro atoms. The zero-order valence-electron chi connectivity index (χ0n) is 14.9. The van der Waals surface area contributed by atoms with E-state index in [2.05, 4.69) is 15.8 Å². The highest BCUT2D eigenvalue weighted by Gasteiger charge is 2.10. The fourth-order valence-corrected chi connectivity index (χ4v) is 2.57. The van der Waals surface area contributed by atoms with Gasteiger partial charge in [0, 0.05) is 16.3 Å². The minimum atomic E-state index is -0.510. The van der Waals surface area contributed by atoms with Crippen LogP contribution >= 0.6 is 23.8 Å². The molecule has 5 nitrogen and oxygen atoms in total. The molecule has 3 rings (SSSR count). The first kappa shape index (κ1) is 20.4. The molecule has 3 aromatic carbocycles. The molecule has 0 saturated heterocycles. The van der Waals surface area contributed by atoms with Crippen LogP contribution in [0.2, 0.25) is 5.02 Å². The molecule has 0 saturated carbocycles. The summed E-state index contributed by atoms with van der Waals surface area (Å²) in [5, 5.41) is 7.68. The summed E-state index contributed by atoms with van der Waals surface area (Å²) < 4.78 is 18.4. The molecule has 0 amide bonds. The number of para-hydroxylation sites is 1. The number of nitrogens with zero attached hydrogens (tertiary/aromatic N) is 1.